The van der Waals surface area contributed by atoms with Crippen LogP contribution in [-0.4, -0.2) is 47.1 Å². The first-order valence-corrected chi connectivity index (χ1v) is 11.0. The Balaban J connectivity index is 1.24. The lowest BCUT2D eigenvalue weighted by Crippen LogP contribution is -2.52. The van der Waals surface area contributed by atoms with E-state index in [1.165, 1.54) is 4.90 Å². The minimum absolute atomic E-state index is 0.107. The SMILES string of the molecule is O=C(CCNC(=O)Nc1ccccc1)NCc1ccc2c(c1)C(=O)N(C1CCC(=O)NC1=O)C2. The summed E-state index contributed by atoms with van der Waals surface area (Å²) in [6.45, 7) is 0.714. The zero-order chi connectivity index (χ0) is 24.1. The van der Waals surface area contributed by atoms with Crippen molar-refractivity contribution in [1.82, 2.24) is 20.9 Å². The van der Waals surface area contributed by atoms with Crippen LogP contribution in [0.3, 0.4) is 0 Å². The van der Waals surface area contributed by atoms with Gasteiger partial charge in [-0.25, -0.2) is 4.79 Å². The largest absolute Gasteiger partial charge is 0.352 e. The molecule has 2 aliphatic rings. The van der Waals surface area contributed by atoms with Gasteiger partial charge in [0.2, 0.25) is 17.7 Å². The maximum atomic E-state index is 12.9. The Bertz CT molecular complexity index is 1130. The van der Waals surface area contributed by atoms with E-state index in [4.69, 9.17) is 0 Å². The Morgan fingerprint density at radius 2 is 1.82 bits per heavy atom. The van der Waals surface area contributed by atoms with Crippen molar-refractivity contribution in [2.45, 2.75) is 38.4 Å². The van der Waals surface area contributed by atoms with Gasteiger partial charge in [0.05, 0.1) is 0 Å². The van der Waals surface area contributed by atoms with E-state index in [-0.39, 0.29) is 43.7 Å². The quantitative estimate of drug-likeness (QED) is 0.459. The van der Waals surface area contributed by atoms with Crippen molar-refractivity contribution >= 4 is 35.3 Å². The molecular formula is C24H25N5O5. The smallest absolute Gasteiger partial charge is 0.319 e. The van der Waals surface area contributed by atoms with Crippen LogP contribution >= 0.6 is 0 Å². The number of amides is 6. The first kappa shape index (κ1) is 23.0. The first-order valence-electron chi connectivity index (χ1n) is 11.0. The van der Waals surface area contributed by atoms with Gasteiger partial charge >= 0.3 is 6.03 Å². The number of benzene rings is 2. The Morgan fingerprint density at radius 1 is 1.03 bits per heavy atom. The van der Waals surface area contributed by atoms with Gasteiger partial charge in [-0.3, -0.25) is 24.5 Å². The summed E-state index contributed by atoms with van der Waals surface area (Å²) in [6, 6.07) is 13.3. The Kier molecular flexibility index (Phi) is 6.86. The van der Waals surface area contributed by atoms with E-state index in [1.807, 2.05) is 30.3 Å². The van der Waals surface area contributed by atoms with Crippen molar-refractivity contribution < 1.29 is 24.0 Å². The van der Waals surface area contributed by atoms with Gasteiger partial charge in [0.15, 0.2) is 0 Å². The standard InChI is InChI=1S/C24H25N5O5/c30-20(10-11-25-24(34)27-17-4-2-1-3-5-17)26-13-15-6-7-16-14-29(23(33)18(16)12-15)19-8-9-21(31)28-22(19)32/h1-7,12,19H,8-11,13-14H2,(H,26,30)(H2,25,27,34)(H,28,31,32). The number of urea groups is 1. The normalized spacial score (nSPS) is 17.1. The number of fused-ring (bicyclic) bond motifs is 1. The van der Waals surface area contributed by atoms with Crippen LogP contribution < -0.4 is 21.3 Å². The lowest BCUT2D eigenvalue weighted by molar-refractivity contribution is -0.137. The van der Waals surface area contributed by atoms with Gasteiger partial charge in [0.1, 0.15) is 6.04 Å². The van der Waals surface area contributed by atoms with Gasteiger partial charge in [-0.15, -0.1) is 0 Å². The highest BCUT2D eigenvalue weighted by atomic mass is 16.2. The molecular weight excluding hydrogens is 438 g/mol. The summed E-state index contributed by atoms with van der Waals surface area (Å²) in [5, 5.41) is 10.4. The van der Waals surface area contributed by atoms with E-state index < -0.39 is 18.0 Å². The van der Waals surface area contributed by atoms with E-state index in [2.05, 4.69) is 21.3 Å². The lowest BCUT2D eigenvalue weighted by Gasteiger charge is -2.29. The molecule has 4 N–H and O–H groups in total. The molecule has 1 saturated heterocycles. The molecule has 2 heterocycles. The molecule has 0 radical (unpaired) electrons. The molecule has 0 aromatic heterocycles. The highest BCUT2D eigenvalue weighted by Crippen LogP contribution is 2.28. The summed E-state index contributed by atoms with van der Waals surface area (Å²) in [5.41, 5.74) is 2.71. The van der Waals surface area contributed by atoms with E-state index in [0.29, 0.717) is 24.2 Å². The number of nitrogens with zero attached hydrogens (tertiary/aromatic N) is 1. The van der Waals surface area contributed by atoms with Gasteiger partial charge < -0.3 is 20.9 Å². The molecule has 6 amide bonds. The maximum absolute atomic E-state index is 12.9. The molecule has 0 bridgehead atoms. The Labute approximate surface area is 196 Å². The number of anilines is 1. The lowest BCUT2D eigenvalue weighted by atomic mass is 10.0. The molecule has 2 aromatic rings. The predicted molar refractivity (Wildman–Crippen MR) is 122 cm³/mol. The van der Waals surface area contributed by atoms with E-state index >= 15 is 0 Å². The van der Waals surface area contributed by atoms with E-state index in [1.54, 1.807) is 18.2 Å². The fraction of sp³-hybridized carbons (Fsp3) is 0.292. The third-order valence-corrected chi connectivity index (χ3v) is 5.75. The molecule has 10 nitrogen and oxygen atoms in total. The number of hydrogen-bond acceptors (Lipinski definition) is 5. The first-order chi connectivity index (χ1) is 16.4. The number of nitrogens with one attached hydrogen (secondary N) is 4. The zero-order valence-corrected chi connectivity index (χ0v) is 18.4. The summed E-state index contributed by atoms with van der Waals surface area (Å²) >= 11 is 0. The summed E-state index contributed by atoms with van der Waals surface area (Å²) < 4.78 is 0. The van der Waals surface area contributed by atoms with Crippen LogP contribution in [0, 0.1) is 0 Å². The summed E-state index contributed by atoms with van der Waals surface area (Å²) in [4.78, 5) is 61.9. The van der Waals surface area contributed by atoms with Crippen molar-refractivity contribution in [3.05, 3.63) is 65.2 Å². The number of para-hydroxylation sites is 1. The zero-order valence-electron chi connectivity index (χ0n) is 18.4. The average Bonchev–Trinajstić information content (AvgIpc) is 3.14. The van der Waals surface area contributed by atoms with Crippen molar-refractivity contribution in [3.8, 4) is 0 Å². The van der Waals surface area contributed by atoms with Crippen LogP contribution in [-0.2, 0) is 27.5 Å². The van der Waals surface area contributed by atoms with Gasteiger partial charge in [-0.1, -0.05) is 30.3 Å². The number of carbonyl (C=O) groups is 5. The van der Waals surface area contributed by atoms with Crippen LogP contribution in [0.5, 0.6) is 0 Å². The van der Waals surface area contributed by atoms with Crippen LogP contribution in [0.4, 0.5) is 10.5 Å². The number of rotatable bonds is 7. The molecule has 2 aromatic carbocycles. The predicted octanol–water partition coefficient (Wildman–Crippen LogP) is 1.28. The second kappa shape index (κ2) is 10.2. The number of hydrogen-bond donors (Lipinski definition) is 4. The topological polar surface area (TPSA) is 137 Å². The van der Waals surface area contributed by atoms with Crippen LogP contribution in [0.25, 0.3) is 0 Å². The molecule has 0 aliphatic carbocycles. The van der Waals surface area contributed by atoms with Gasteiger partial charge in [-0.05, 0) is 35.7 Å². The molecule has 0 spiro atoms. The molecule has 176 valence electrons. The summed E-state index contributed by atoms with van der Waals surface area (Å²) in [7, 11) is 0. The summed E-state index contributed by atoms with van der Waals surface area (Å²) in [5.74, 6) is -1.27. The molecule has 2 aliphatic heterocycles. The van der Waals surface area contributed by atoms with Crippen molar-refractivity contribution in [1.29, 1.82) is 0 Å². The van der Waals surface area contributed by atoms with Crippen molar-refractivity contribution in [2.75, 3.05) is 11.9 Å². The minimum Gasteiger partial charge on any atom is -0.352 e. The highest BCUT2D eigenvalue weighted by Gasteiger charge is 2.39. The van der Waals surface area contributed by atoms with Gasteiger partial charge in [-0.2, -0.15) is 0 Å². The monoisotopic (exact) mass is 463 g/mol. The van der Waals surface area contributed by atoms with Gasteiger partial charge in [0.25, 0.3) is 5.91 Å². The molecule has 1 fully saturated rings. The number of imide groups is 1. The van der Waals surface area contributed by atoms with E-state index in [0.717, 1.165) is 11.1 Å². The molecule has 1 unspecified atom stereocenters. The number of piperidine rings is 1. The van der Waals surface area contributed by atoms with Crippen LogP contribution in [0.1, 0.15) is 40.7 Å². The molecule has 34 heavy (non-hydrogen) atoms. The van der Waals surface area contributed by atoms with Crippen LogP contribution in [0.2, 0.25) is 0 Å². The second-order valence-corrected chi connectivity index (χ2v) is 8.17. The van der Waals surface area contributed by atoms with Crippen LogP contribution in [0.15, 0.2) is 48.5 Å². The minimum atomic E-state index is -0.660. The molecule has 4 rings (SSSR count). The average molecular weight is 463 g/mol. The highest BCUT2D eigenvalue weighted by molar-refractivity contribution is 6.05. The summed E-state index contributed by atoms with van der Waals surface area (Å²) in [6.07, 6.45) is 0.622. The third-order valence-electron chi connectivity index (χ3n) is 5.75. The van der Waals surface area contributed by atoms with E-state index in [9.17, 15) is 24.0 Å². The second-order valence-electron chi connectivity index (χ2n) is 8.17. The molecule has 1 atom stereocenters. The van der Waals surface area contributed by atoms with Gasteiger partial charge in [0, 0.05) is 43.7 Å². The Morgan fingerprint density at radius 3 is 2.59 bits per heavy atom. The van der Waals surface area contributed by atoms with Crippen molar-refractivity contribution in [3.63, 3.8) is 0 Å². The fourth-order valence-corrected chi connectivity index (χ4v) is 3.99. The fourth-order valence-electron chi connectivity index (χ4n) is 3.99. The Hall–Kier alpha value is -4.21. The van der Waals surface area contributed by atoms with Crippen molar-refractivity contribution in [2.24, 2.45) is 0 Å². The molecule has 10 heteroatoms. The number of carbonyl (C=O) groups excluding carboxylic acids is 5. The maximum Gasteiger partial charge on any atom is 0.319 e. The third kappa shape index (κ3) is 5.40. The molecule has 0 saturated carbocycles.